The molecule has 21 heavy (non-hydrogen) atoms. The molecule has 1 fully saturated rings. The van der Waals surface area contributed by atoms with E-state index >= 15 is 0 Å². The van der Waals surface area contributed by atoms with Crippen LogP contribution >= 0.6 is 0 Å². The van der Waals surface area contributed by atoms with Crippen LogP contribution < -0.4 is 5.32 Å². The summed E-state index contributed by atoms with van der Waals surface area (Å²) in [6.07, 6.45) is -4.48. The monoisotopic (exact) mass is 297 g/mol. The molecule has 1 unspecified atom stereocenters. The van der Waals surface area contributed by atoms with Crippen LogP contribution in [0.1, 0.15) is 18.1 Å². The predicted molar refractivity (Wildman–Crippen MR) is 64.7 cm³/mol. The molecule has 8 heteroatoms. The Labute approximate surface area is 118 Å². The lowest BCUT2D eigenvalue weighted by Gasteiger charge is -2.22. The Morgan fingerprint density at radius 3 is 2.33 bits per heavy atom. The van der Waals surface area contributed by atoms with Crippen LogP contribution in [0.5, 0.6) is 0 Å². The maximum absolute atomic E-state index is 12.5. The Kier molecular flexibility index (Phi) is 3.37. The zero-order chi connectivity index (χ0) is 15.8. The predicted octanol–water partition coefficient (Wildman–Crippen LogP) is 2.00. The number of amides is 3. The van der Waals surface area contributed by atoms with Gasteiger partial charge in [0.1, 0.15) is 12.1 Å². The minimum Gasteiger partial charge on any atom is -0.319 e. The molecule has 0 aromatic heterocycles. The molecule has 1 aliphatic rings. The number of urea groups is 1. The van der Waals surface area contributed by atoms with Gasteiger partial charge >= 0.3 is 12.2 Å². The van der Waals surface area contributed by atoms with E-state index in [0.717, 1.165) is 29.2 Å². The second-order valence-electron chi connectivity index (χ2n) is 4.68. The number of alkyl halides is 3. The molecule has 0 spiro atoms. The zero-order valence-corrected chi connectivity index (χ0v) is 10.9. The van der Waals surface area contributed by atoms with E-state index in [1.165, 1.54) is 6.92 Å². The average Bonchev–Trinajstić information content (AvgIpc) is 2.63. The average molecular weight is 297 g/mol. The van der Waals surface area contributed by atoms with Crippen molar-refractivity contribution < 1.29 is 22.8 Å². The van der Waals surface area contributed by atoms with Crippen molar-refractivity contribution in [2.45, 2.75) is 18.6 Å². The quantitative estimate of drug-likeness (QED) is 0.670. The van der Waals surface area contributed by atoms with Gasteiger partial charge in [0.2, 0.25) is 0 Å². The molecule has 1 aromatic rings. The molecule has 0 radical (unpaired) electrons. The summed E-state index contributed by atoms with van der Waals surface area (Å²) < 4.78 is 37.5. The molecule has 1 atom stereocenters. The molecule has 0 saturated carbocycles. The second-order valence-corrected chi connectivity index (χ2v) is 4.68. The van der Waals surface area contributed by atoms with E-state index in [-0.39, 0.29) is 5.56 Å². The molecule has 2 rings (SSSR count). The third-order valence-corrected chi connectivity index (χ3v) is 3.29. The van der Waals surface area contributed by atoms with Gasteiger partial charge in [-0.25, -0.2) is 9.69 Å². The molecule has 1 aromatic carbocycles. The van der Waals surface area contributed by atoms with E-state index in [4.69, 9.17) is 5.26 Å². The normalized spacial score (nSPS) is 22.1. The first-order valence-electron chi connectivity index (χ1n) is 5.89. The second kappa shape index (κ2) is 4.77. The van der Waals surface area contributed by atoms with Crippen molar-refractivity contribution in [3.05, 3.63) is 35.4 Å². The molecule has 1 aliphatic heterocycles. The molecule has 1 saturated heterocycles. The fraction of sp³-hybridized carbons (Fsp3) is 0.308. The van der Waals surface area contributed by atoms with Gasteiger partial charge in [-0.1, -0.05) is 12.1 Å². The Balaban J connectivity index is 2.36. The van der Waals surface area contributed by atoms with Gasteiger partial charge in [0.15, 0.2) is 0 Å². The van der Waals surface area contributed by atoms with E-state index in [1.807, 2.05) is 0 Å². The van der Waals surface area contributed by atoms with Crippen molar-refractivity contribution in [3.63, 3.8) is 0 Å². The highest BCUT2D eigenvalue weighted by atomic mass is 19.4. The minimum atomic E-state index is -4.48. The Morgan fingerprint density at radius 2 is 1.86 bits per heavy atom. The van der Waals surface area contributed by atoms with Crippen molar-refractivity contribution in [3.8, 4) is 6.07 Å². The number of halogens is 3. The van der Waals surface area contributed by atoms with E-state index in [0.29, 0.717) is 0 Å². The summed E-state index contributed by atoms with van der Waals surface area (Å²) in [4.78, 5) is 24.6. The number of benzene rings is 1. The van der Waals surface area contributed by atoms with Crippen molar-refractivity contribution in [1.82, 2.24) is 10.2 Å². The summed E-state index contributed by atoms with van der Waals surface area (Å²) in [6, 6.07) is 4.89. The van der Waals surface area contributed by atoms with Crippen LogP contribution in [0.15, 0.2) is 24.3 Å². The van der Waals surface area contributed by atoms with E-state index in [2.05, 4.69) is 5.32 Å². The molecule has 1 N–H and O–H groups in total. The van der Waals surface area contributed by atoms with Gasteiger partial charge in [-0.3, -0.25) is 4.79 Å². The number of imide groups is 1. The highest BCUT2D eigenvalue weighted by molar-refractivity contribution is 6.07. The van der Waals surface area contributed by atoms with Crippen LogP contribution in [0.3, 0.4) is 0 Å². The highest BCUT2D eigenvalue weighted by Crippen LogP contribution is 2.33. The molecule has 3 amide bonds. The third kappa shape index (κ3) is 2.42. The fourth-order valence-corrected chi connectivity index (χ4v) is 2.10. The standard InChI is InChI=1S/C13H10F3N3O2/c1-12(10(20)19(7-6-17)11(21)18-12)8-2-4-9(5-3-8)13(14,15)16/h2-5H,7H2,1H3,(H,18,21). The Hall–Kier alpha value is -2.56. The highest BCUT2D eigenvalue weighted by Gasteiger charge is 2.49. The van der Waals surface area contributed by atoms with Crippen molar-refractivity contribution in [2.75, 3.05) is 6.54 Å². The lowest BCUT2D eigenvalue weighted by atomic mass is 9.91. The van der Waals surface area contributed by atoms with Crippen LogP contribution in [0, 0.1) is 11.3 Å². The van der Waals surface area contributed by atoms with Crippen LogP contribution in [0.4, 0.5) is 18.0 Å². The topological polar surface area (TPSA) is 73.2 Å². The number of hydrogen-bond acceptors (Lipinski definition) is 3. The first kappa shape index (κ1) is 14.8. The van der Waals surface area contributed by atoms with Crippen LogP contribution in [-0.4, -0.2) is 23.4 Å². The molecule has 0 aliphatic carbocycles. The minimum absolute atomic E-state index is 0.217. The fourth-order valence-electron chi connectivity index (χ4n) is 2.10. The van der Waals surface area contributed by atoms with Crippen molar-refractivity contribution >= 4 is 11.9 Å². The number of nitrogens with zero attached hydrogens (tertiary/aromatic N) is 2. The number of nitriles is 1. The number of nitrogens with one attached hydrogen (secondary N) is 1. The maximum Gasteiger partial charge on any atom is 0.416 e. The number of carbonyl (C=O) groups is 2. The van der Waals surface area contributed by atoms with Gasteiger partial charge in [0.25, 0.3) is 5.91 Å². The lowest BCUT2D eigenvalue weighted by molar-refractivity contribution is -0.137. The summed E-state index contributed by atoms with van der Waals surface area (Å²) >= 11 is 0. The van der Waals surface area contributed by atoms with Crippen molar-refractivity contribution in [1.29, 1.82) is 5.26 Å². The summed E-state index contributed by atoms with van der Waals surface area (Å²) in [5, 5.41) is 11.0. The van der Waals surface area contributed by atoms with E-state index in [1.54, 1.807) is 6.07 Å². The molecule has 5 nitrogen and oxygen atoms in total. The van der Waals surface area contributed by atoms with Crippen LogP contribution in [-0.2, 0) is 16.5 Å². The van der Waals surface area contributed by atoms with Gasteiger partial charge < -0.3 is 5.32 Å². The van der Waals surface area contributed by atoms with Crippen LogP contribution in [0.2, 0.25) is 0 Å². The number of carbonyl (C=O) groups excluding carboxylic acids is 2. The van der Waals surface area contributed by atoms with Crippen LogP contribution in [0.25, 0.3) is 0 Å². The molecule has 0 bridgehead atoms. The molecule has 110 valence electrons. The van der Waals surface area contributed by atoms with Crippen molar-refractivity contribution in [2.24, 2.45) is 0 Å². The number of rotatable bonds is 2. The zero-order valence-electron chi connectivity index (χ0n) is 10.9. The smallest absolute Gasteiger partial charge is 0.319 e. The summed E-state index contributed by atoms with van der Waals surface area (Å²) in [5.74, 6) is -0.672. The Morgan fingerprint density at radius 1 is 1.29 bits per heavy atom. The van der Waals surface area contributed by atoms with Gasteiger partial charge in [0, 0.05) is 0 Å². The summed E-state index contributed by atoms with van der Waals surface area (Å²) in [6.45, 7) is 0.966. The summed E-state index contributed by atoms with van der Waals surface area (Å²) in [7, 11) is 0. The molecular weight excluding hydrogens is 287 g/mol. The largest absolute Gasteiger partial charge is 0.416 e. The van der Waals surface area contributed by atoms with E-state index < -0.39 is 35.8 Å². The maximum atomic E-state index is 12.5. The Bertz CT molecular complexity index is 634. The van der Waals surface area contributed by atoms with Gasteiger partial charge in [-0.2, -0.15) is 18.4 Å². The third-order valence-electron chi connectivity index (χ3n) is 3.29. The van der Waals surface area contributed by atoms with Gasteiger partial charge in [0.05, 0.1) is 11.6 Å². The lowest BCUT2D eigenvalue weighted by Crippen LogP contribution is -2.41. The SMILES string of the molecule is CC1(c2ccc(C(F)(F)F)cc2)NC(=O)N(CC#N)C1=O. The van der Waals surface area contributed by atoms with Gasteiger partial charge in [-0.05, 0) is 24.6 Å². The number of hydrogen-bond donors (Lipinski definition) is 1. The van der Waals surface area contributed by atoms with E-state index in [9.17, 15) is 22.8 Å². The first-order chi connectivity index (χ1) is 9.70. The molecule has 1 heterocycles. The van der Waals surface area contributed by atoms with Gasteiger partial charge in [-0.15, -0.1) is 0 Å². The summed E-state index contributed by atoms with van der Waals surface area (Å²) in [5.41, 5.74) is -2.10. The molecular formula is C13H10F3N3O2. The first-order valence-corrected chi connectivity index (χ1v) is 5.89.